The summed E-state index contributed by atoms with van der Waals surface area (Å²) in [6.45, 7) is 4.52. The molecule has 2 aromatic carbocycles. The van der Waals surface area contributed by atoms with Crippen LogP contribution in [0.25, 0.3) is 0 Å². The Balaban J connectivity index is 1.39. The molecule has 29 heavy (non-hydrogen) atoms. The molecule has 1 aliphatic rings. The third kappa shape index (κ3) is 4.18. The molecule has 148 valence electrons. The van der Waals surface area contributed by atoms with Crippen molar-refractivity contribution in [2.45, 2.75) is 32.6 Å². The first kappa shape index (κ1) is 18.9. The number of anilines is 2. The molecule has 0 saturated carbocycles. The summed E-state index contributed by atoms with van der Waals surface area (Å²) < 4.78 is 5.62. The third-order valence-corrected chi connectivity index (χ3v) is 5.17. The van der Waals surface area contributed by atoms with E-state index in [2.05, 4.69) is 15.5 Å². The van der Waals surface area contributed by atoms with Crippen LogP contribution >= 0.6 is 0 Å². The lowest BCUT2D eigenvalue weighted by molar-refractivity contribution is -0.117. The highest BCUT2D eigenvalue weighted by Crippen LogP contribution is 2.31. The Kier molecular flexibility index (Phi) is 5.12. The number of carbonyl (C=O) groups is 2. The van der Waals surface area contributed by atoms with Crippen molar-refractivity contribution >= 4 is 23.5 Å². The molecule has 0 bridgehead atoms. The van der Waals surface area contributed by atoms with E-state index in [0.29, 0.717) is 18.9 Å². The van der Waals surface area contributed by atoms with Gasteiger partial charge in [0, 0.05) is 18.7 Å². The molecule has 2 amide bonds. The normalized spacial score (nSPS) is 16.3. The first-order valence-corrected chi connectivity index (χ1v) is 9.54. The Labute approximate surface area is 168 Å². The average Bonchev–Trinajstić information content (AvgIpc) is 3.32. The lowest BCUT2D eigenvalue weighted by Crippen LogP contribution is -2.24. The molecule has 0 radical (unpaired) electrons. The first-order valence-electron chi connectivity index (χ1n) is 9.54. The van der Waals surface area contributed by atoms with E-state index in [1.807, 2.05) is 62.4 Å². The molecule has 1 saturated heterocycles. The monoisotopic (exact) mass is 390 g/mol. The molecule has 4 rings (SSSR count). The van der Waals surface area contributed by atoms with Crippen LogP contribution < -0.4 is 10.2 Å². The van der Waals surface area contributed by atoms with Crippen LogP contribution in [0.3, 0.4) is 0 Å². The van der Waals surface area contributed by atoms with E-state index in [-0.39, 0.29) is 30.2 Å². The maximum Gasteiger partial charge on any atom is 0.322 e. The molecule has 7 heteroatoms. The zero-order valence-electron chi connectivity index (χ0n) is 16.4. The maximum absolute atomic E-state index is 12.4. The summed E-state index contributed by atoms with van der Waals surface area (Å²) in [7, 11) is 0. The SMILES string of the molecule is Cc1ccc(CC(=O)Nc2nnc(C3CC(=O)N(c4ccccc4)C3)o2)cc1C. The van der Waals surface area contributed by atoms with Crippen LogP contribution in [0.1, 0.15) is 34.9 Å². The lowest BCUT2D eigenvalue weighted by atomic mass is 10.0. The summed E-state index contributed by atoms with van der Waals surface area (Å²) in [6, 6.07) is 15.5. The summed E-state index contributed by atoms with van der Waals surface area (Å²) in [4.78, 5) is 26.4. The number of amides is 2. The van der Waals surface area contributed by atoms with E-state index in [9.17, 15) is 9.59 Å². The molecule has 1 atom stereocenters. The van der Waals surface area contributed by atoms with E-state index in [1.54, 1.807) is 4.90 Å². The zero-order chi connectivity index (χ0) is 20.4. The highest BCUT2D eigenvalue weighted by atomic mass is 16.4. The fraction of sp³-hybridized carbons (Fsp3) is 0.273. The lowest BCUT2D eigenvalue weighted by Gasteiger charge is -2.15. The molecule has 1 fully saturated rings. The molecule has 0 spiro atoms. The predicted molar refractivity (Wildman–Crippen MR) is 109 cm³/mol. The van der Waals surface area contributed by atoms with E-state index in [1.165, 1.54) is 5.56 Å². The second kappa shape index (κ2) is 7.87. The van der Waals surface area contributed by atoms with Gasteiger partial charge in [-0.3, -0.25) is 14.9 Å². The molecule has 1 aliphatic heterocycles. The average molecular weight is 390 g/mol. The number of rotatable bonds is 5. The van der Waals surface area contributed by atoms with Crippen molar-refractivity contribution in [3.63, 3.8) is 0 Å². The van der Waals surface area contributed by atoms with Crippen molar-refractivity contribution in [2.24, 2.45) is 0 Å². The standard InChI is InChI=1S/C22H22N4O3/c1-14-8-9-16(10-15(14)2)11-19(27)23-22-25-24-21(29-22)17-12-20(28)26(13-17)18-6-4-3-5-7-18/h3-10,17H,11-13H2,1-2H3,(H,23,25,27). The molecular weight excluding hydrogens is 368 g/mol. The van der Waals surface area contributed by atoms with E-state index in [4.69, 9.17) is 4.42 Å². The minimum absolute atomic E-state index is 0.0136. The second-order valence-electron chi connectivity index (χ2n) is 7.33. The minimum atomic E-state index is -0.225. The quantitative estimate of drug-likeness (QED) is 0.721. The Morgan fingerprint density at radius 2 is 1.93 bits per heavy atom. The molecule has 7 nitrogen and oxygen atoms in total. The number of hydrogen-bond acceptors (Lipinski definition) is 5. The van der Waals surface area contributed by atoms with Crippen molar-refractivity contribution in [3.05, 3.63) is 71.1 Å². The molecular formula is C22H22N4O3. The van der Waals surface area contributed by atoms with Gasteiger partial charge < -0.3 is 9.32 Å². The van der Waals surface area contributed by atoms with E-state index < -0.39 is 0 Å². The van der Waals surface area contributed by atoms with E-state index >= 15 is 0 Å². The first-order chi connectivity index (χ1) is 14.0. The van der Waals surface area contributed by atoms with Crippen LogP contribution in [0.4, 0.5) is 11.7 Å². The number of nitrogens with one attached hydrogen (secondary N) is 1. The number of aromatic nitrogens is 2. The van der Waals surface area contributed by atoms with Gasteiger partial charge in [0.1, 0.15) is 0 Å². The molecule has 1 aromatic heterocycles. The Morgan fingerprint density at radius 3 is 2.69 bits per heavy atom. The largest absolute Gasteiger partial charge is 0.407 e. The number of carbonyl (C=O) groups excluding carboxylic acids is 2. The van der Waals surface area contributed by atoms with Gasteiger partial charge in [0.15, 0.2) is 0 Å². The molecule has 2 heterocycles. The van der Waals surface area contributed by atoms with Crippen molar-refractivity contribution in [2.75, 3.05) is 16.8 Å². The summed E-state index contributed by atoms with van der Waals surface area (Å²) >= 11 is 0. The van der Waals surface area contributed by atoms with Gasteiger partial charge in [-0.25, -0.2) is 0 Å². The highest BCUT2D eigenvalue weighted by molar-refractivity contribution is 5.96. The van der Waals surface area contributed by atoms with Crippen molar-refractivity contribution in [1.82, 2.24) is 10.2 Å². The van der Waals surface area contributed by atoms with Gasteiger partial charge in [-0.05, 0) is 42.7 Å². The van der Waals surface area contributed by atoms with Gasteiger partial charge in [0.2, 0.25) is 17.7 Å². The second-order valence-corrected chi connectivity index (χ2v) is 7.33. The topological polar surface area (TPSA) is 88.3 Å². The van der Waals surface area contributed by atoms with Gasteiger partial charge in [0.05, 0.1) is 12.3 Å². The molecule has 0 aliphatic carbocycles. The smallest absolute Gasteiger partial charge is 0.322 e. The van der Waals surface area contributed by atoms with Gasteiger partial charge in [-0.1, -0.05) is 41.5 Å². The van der Waals surface area contributed by atoms with Crippen LogP contribution in [-0.2, 0) is 16.0 Å². The third-order valence-electron chi connectivity index (χ3n) is 5.17. The number of para-hydroxylation sites is 1. The summed E-state index contributed by atoms with van der Waals surface area (Å²) in [5, 5.41) is 10.6. The zero-order valence-corrected chi connectivity index (χ0v) is 16.4. The van der Waals surface area contributed by atoms with Crippen molar-refractivity contribution in [3.8, 4) is 0 Å². The number of hydrogen-bond donors (Lipinski definition) is 1. The van der Waals surface area contributed by atoms with Crippen LogP contribution in [0, 0.1) is 13.8 Å². The van der Waals surface area contributed by atoms with E-state index in [0.717, 1.165) is 16.8 Å². The molecule has 1 unspecified atom stereocenters. The Hall–Kier alpha value is -3.48. The number of benzene rings is 2. The van der Waals surface area contributed by atoms with Crippen LogP contribution in [0.15, 0.2) is 52.9 Å². The van der Waals surface area contributed by atoms with Crippen LogP contribution in [-0.4, -0.2) is 28.6 Å². The molecule has 1 N–H and O–H groups in total. The van der Waals surface area contributed by atoms with Gasteiger partial charge in [-0.2, -0.15) is 0 Å². The predicted octanol–water partition coefficient (Wildman–Crippen LogP) is 3.39. The fourth-order valence-corrected chi connectivity index (χ4v) is 3.44. The maximum atomic E-state index is 12.4. The number of aryl methyl sites for hydroxylation is 2. The van der Waals surface area contributed by atoms with Crippen molar-refractivity contribution in [1.29, 1.82) is 0 Å². The highest BCUT2D eigenvalue weighted by Gasteiger charge is 2.35. The summed E-state index contributed by atoms with van der Waals surface area (Å²) in [6.07, 6.45) is 0.523. The summed E-state index contributed by atoms with van der Waals surface area (Å²) in [5.74, 6) is -0.0459. The Morgan fingerprint density at radius 1 is 1.14 bits per heavy atom. The minimum Gasteiger partial charge on any atom is -0.407 e. The van der Waals surface area contributed by atoms with Crippen molar-refractivity contribution < 1.29 is 14.0 Å². The number of nitrogens with zero attached hydrogens (tertiary/aromatic N) is 3. The fourth-order valence-electron chi connectivity index (χ4n) is 3.44. The van der Waals surface area contributed by atoms with Gasteiger partial charge in [-0.15, -0.1) is 5.10 Å². The van der Waals surface area contributed by atoms with Gasteiger partial charge >= 0.3 is 6.01 Å². The Bertz CT molecular complexity index is 1050. The van der Waals surface area contributed by atoms with Crippen LogP contribution in [0.5, 0.6) is 0 Å². The molecule has 3 aromatic rings. The summed E-state index contributed by atoms with van der Waals surface area (Å²) in [5.41, 5.74) is 4.10. The van der Waals surface area contributed by atoms with Gasteiger partial charge in [0.25, 0.3) is 0 Å². The van der Waals surface area contributed by atoms with Crippen LogP contribution in [0.2, 0.25) is 0 Å².